The molecule has 0 bridgehead atoms. The highest BCUT2D eigenvalue weighted by molar-refractivity contribution is 6.30. The van der Waals surface area contributed by atoms with Crippen molar-refractivity contribution >= 4 is 34.1 Å². The van der Waals surface area contributed by atoms with E-state index in [0.717, 1.165) is 17.4 Å². The number of halogens is 1. The minimum absolute atomic E-state index is 0.185. The van der Waals surface area contributed by atoms with Gasteiger partial charge in [0, 0.05) is 33.7 Å². The Bertz CT molecular complexity index is 1500. The summed E-state index contributed by atoms with van der Waals surface area (Å²) >= 11 is 5.99. The Kier molecular flexibility index (Phi) is 6.29. The zero-order valence-corrected chi connectivity index (χ0v) is 20.3. The Morgan fingerprint density at radius 1 is 1.03 bits per heavy atom. The number of amides is 1. The number of anilines is 1. The van der Waals surface area contributed by atoms with Crippen LogP contribution in [0.25, 0.3) is 10.9 Å². The fourth-order valence-electron chi connectivity index (χ4n) is 4.16. The fourth-order valence-corrected chi connectivity index (χ4v) is 4.34. The molecule has 5 aromatic rings. The molecular formula is C28H25ClN4O2. The number of hydrogen-bond donors (Lipinski definition) is 1. The number of ether oxygens (including phenoxy) is 1. The van der Waals surface area contributed by atoms with E-state index >= 15 is 0 Å². The molecule has 0 saturated heterocycles. The molecule has 0 unspecified atom stereocenters. The van der Waals surface area contributed by atoms with Crippen LogP contribution < -0.4 is 10.1 Å². The van der Waals surface area contributed by atoms with Gasteiger partial charge in [0.05, 0.1) is 18.1 Å². The van der Waals surface area contributed by atoms with E-state index in [1.807, 2.05) is 36.4 Å². The van der Waals surface area contributed by atoms with Crippen LogP contribution in [-0.2, 0) is 13.3 Å². The van der Waals surface area contributed by atoms with E-state index in [9.17, 15) is 4.79 Å². The third-order valence-corrected chi connectivity index (χ3v) is 6.37. The van der Waals surface area contributed by atoms with Crippen LogP contribution in [0.4, 0.5) is 5.69 Å². The molecule has 1 N–H and O–H groups in total. The zero-order valence-electron chi connectivity index (χ0n) is 19.5. The first kappa shape index (κ1) is 22.7. The van der Waals surface area contributed by atoms with E-state index in [1.54, 1.807) is 29.2 Å². The quantitative estimate of drug-likeness (QED) is 0.289. The molecule has 2 heterocycles. The molecule has 0 atom stereocenters. The maximum atomic E-state index is 13.0. The molecule has 35 heavy (non-hydrogen) atoms. The lowest BCUT2D eigenvalue weighted by Crippen LogP contribution is -2.11. The number of carbonyl (C=O) groups excluding carboxylic acids is 1. The van der Waals surface area contributed by atoms with E-state index in [2.05, 4.69) is 53.1 Å². The molecule has 5 rings (SSSR count). The highest BCUT2D eigenvalue weighted by Crippen LogP contribution is 2.27. The summed E-state index contributed by atoms with van der Waals surface area (Å²) < 4.78 is 9.60. The molecule has 3 aromatic carbocycles. The average Bonchev–Trinajstić information content (AvgIpc) is 3.41. The van der Waals surface area contributed by atoms with Crippen LogP contribution in [-0.4, -0.2) is 20.3 Å². The number of fused-ring (bicyclic) bond motifs is 1. The van der Waals surface area contributed by atoms with Gasteiger partial charge in [-0.25, -0.2) is 4.68 Å². The standard InChI is InChI=1S/C28H25ClN4O2/c1-19-20(2)33(16-21-7-4-3-5-8-21)27-12-11-22(13-26(19)27)28(34)31-24-15-30-32(17-24)18-35-25-10-6-9-23(29)14-25/h3-15,17H,16,18H2,1-2H3,(H,31,34). The molecule has 0 saturated carbocycles. The van der Waals surface area contributed by atoms with Crippen LogP contribution in [0.3, 0.4) is 0 Å². The highest BCUT2D eigenvalue weighted by Gasteiger charge is 2.15. The van der Waals surface area contributed by atoms with Gasteiger partial charge >= 0.3 is 0 Å². The van der Waals surface area contributed by atoms with Gasteiger partial charge in [-0.3, -0.25) is 4.79 Å². The first-order valence-electron chi connectivity index (χ1n) is 11.3. The summed E-state index contributed by atoms with van der Waals surface area (Å²) in [5, 5.41) is 8.87. The monoisotopic (exact) mass is 484 g/mol. The lowest BCUT2D eigenvalue weighted by atomic mass is 10.1. The van der Waals surface area contributed by atoms with Gasteiger partial charge < -0.3 is 14.6 Å². The molecule has 2 aromatic heterocycles. The number of carbonyl (C=O) groups is 1. The molecule has 176 valence electrons. The second-order valence-electron chi connectivity index (χ2n) is 8.47. The minimum Gasteiger partial charge on any atom is -0.471 e. The summed E-state index contributed by atoms with van der Waals surface area (Å²) in [7, 11) is 0. The van der Waals surface area contributed by atoms with Gasteiger partial charge in [0.2, 0.25) is 0 Å². The number of nitrogens with one attached hydrogen (secondary N) is 1. The van der Waals surface area contributed by atoms with E-state index in [-0.39, 0.29) is 12.6 Å². The first-order chi connectivity index (χ1) is 17.0. The van der Waals surface area contributed by atoms with Gasteiger partial charge in [0.25, 0.3) is 5.91 Å². The third-order valence-electron chi connectivity index (χ3n) is 6.14. The van der Waals surface area contributed by atoms with Crippen molar-refractivity contribution in [2.24, 2.45) is 0 Å². The molecule has 6 nitrogen and oxygen atoms in total. The summed E-state index contributed by atoms with van der Waals surface area (Å²) in [6.45, 7) is 5.22. The topological polar surface area (TPSA) is 61.1 Å². The second-order valence-corrected chi connectivity index (χ2v) is 8.90. The lowest BCUT2D eigenvalue weighted by Gasteiger charge is -2.09. The average molecular weight is 485 g/mol. The second kappa shape index (κ2) is 9.68. The molecule has 0 aliphatic heterocycles. The normalized spacial score (nSPS) is 11.1. The van der Waals surface area contributed by atoms with Crippen molar-refractivity contribution in [2.75, 3.05) is 5.32 Å². The predicted molar refractivity (Wildman–Crippen MR) is 139 cm³/mol. The predicted octanol–water partition coefficient (Wildman–Crippen LogP) is 6.45. The third kappa shape index (κ3) is 4.93. The highest BCUT2D eigenvalue weighted by atomic mass is 35.5. The maximum Gasteiger partial charge on any atom is 0.255 e. The molecule has 0 spiro atoms. The number of hydrogen-bond acceptors (Lipinski definition) is 3. The van der Waals surface area contributed by atoms with Gasteiger partial charge in [-0.05, 0) is 61.4 Å². The van der Waals surface area contributed by atoms with Crippen LogP contribution in [0.1, 0.15) is 27.2 Å². The van der Waals surface area contributed by atoms with E-state index < -0.39 is 0 Å². The fraction of sp³-hybridized carbons (Fsp3) is 0.143. The van der Waals surface area contributed by atoms with Crippen molar-refractivity contribution in [3.8, 4) is 5.75 Å². The SMILES string of the molecule is Cc1c(C)n(Cc2ccccc2)c2ccc(C(=O)Nc3cnn(COc4cccc(Cl)c4)c3)cc12. The van der Waals surface area contributed by atoms with E-state index in [0.29, 0.717) is 22.0 Å². The first-order valence-corrected chi connectivity index (χ1v) is 11.7. The number of rotatable bonds is 7. The van der Waals surface area contributed by atoms with Crippen molar-refractivity contribution < 1.29 is 9.53 Å². The van der Waals surface area contributed by atoms with Crippen molar-refractivity contribution in [3.63, 3.8) is 0 Å². The summed E-state index contributed by atoms with van der Waals surface area (Å²) in [6.07, 6.45) is 3.33. The number of benzene rings is 3. The summed E-state index contributed by atoms with van der Waals surface area (Å²) in [4.78, 5) is 13.0. The molecular weight excluding hydrogens is 460 g/mol. The Morgan fingerprint density at radius 2 is 1.86 bits per heavy atom. The minimum atomic E-state index is -0.185. The molecule has 0 aliphatic rings. The Balaban J connectivity index is 1.30. The molecule has 0 radical (unpaired) electrons. The Morgan fingerprint density at radius 3 is 2.66 bits per heavy atom. The van der Waals surface area contributed by atoms with Gasteiger partial charge in [-0.15, -0.1) is 0 Å². The van der Waals surface area contributed by atoms with E-state index in [1.165, 1.54) is 16.8 Å². The van der Waals surface area contributed by atoms with Gasteiger partial charge in [0.1, 0.15) is 5.75 Å². The number of nitrogens with zero attached hydrogens (tertiary/aromatic N) is 3. The summed E-state index contributed by atoms with van der Waals surface area (Å²) in [6, 6.07) is 23.4. The van der Waals surface area contributed by atoms with Crippen LogP contribution >= 0.6 is 11.6 Å². The smallest absolute Gasteiger partial charge is 0.255 e. The number of aromatic nitrogens is 3. The van der Waals surface area contributed by atoms with Gasteiger partial charge in [-0.2, -0.15) is 5.10 Å². The maximum absolute atomic E-state index is 13.0. The Hall–Kier alpha value is -4.03. The Labute approximate surface area is 208 Å². The summed E-state index contributed by atoms with van der Waals surface area (Å²) in [5.41, 5.74) is 5.93. The van der Waals surface area contributed by atoms with Crippen LogP contribution in [0.15, 0.2) is 85.2 Å². The number of aryl methyl sites for hydroxylation is 1. The summed E-state index contributed by atoms with van der Waals surface area (Å²) in [5.74, 6) is 0.465. The molecule has 7 heteroatoms. The van der Waals surface area contributed by atoms with Crippen LogP contribution in [0.5, 0.6) is 5.75 Å². The molecule has 1 amide bonds. The van der Waals surface area contributed by atoms with E-state index in [4.69, 9.17) is 16.3 Å². The largest absolute Gasteiger partial charge is 0.471 e. The molecule has 0 fully saturated rings. The van der Waals surface area contributed by atoms with Crippen molar-refractivity contribution in [1.29, 1.82) is 0 Å². The van der Waals surface area contributed by atoms with Gasteiger partial charge in [0.15, 0.2) is 6.73 Å². The van der Waals surface area contributed by atoms with Gasteiger partial charge in [-0.1, -0.05) is 48.0 Å². The lowest BCUT2D eigenvalue weighted by molar-refractivity contribution is 0.102. The van der Waals surface area contributed by atoms with Crippen molar-refractivity contribution in [1.82, 2.24) is 14.3 Å². The van der Waals surface area contributed by atoms with Crippen molar-refractivity contribution in [2.45, 2.75) is 27.1 Å². The molecule has 0 aliphatic carbocycles. The van der Waals surface area contributed by atoms with Crippen molar-refractivity contribution in [3.05, 3.63) is 113 Å². The van der Waals surface area contributed by atoms with Crippen LogP contribution in [0, 0.1) is 13.8 Å². The zero-order chi connectivity index (χ0) is 24.4. The van der Waals surface area contributed by atoms with Crippen LogP contribution in [0.2, 0.25) is 5.02 Å².